The molecule has 0 saturated heterocycles. The highest BCUT2D eigenvalue weighted by Gasteiger charge is 2.37. The number of rotatable bonds is 6. The third kappa shape index (κ3) is 5.78. The molecule has 3 heterocycles. The summed E-state index contributed by atoms with van der Waals surface area (Å²) in [5.74, 6) is -3.55. The smallest absolute Gasteiger partial charge is 0.417 e. The highest BCUT2D eigenvalue weighted by molar-refractivity contribution is 6.37. The summed E-state index contributed by atoms with van der Waals surface area (Å²) in [4.78, 5) is 26.8. The molecular formula is C25H11Cl2F6N7O4. The molecule has 5 aromatic rings. The summed E-state index contributed by atoms with van der Waals surface area (Å²) < 4.78 is 82.7. The molecule has 0 amide bonds. The minimum Gasteiger partial charge on any atom is -0.478 e. The van der Waals surface area contributed by atoms with Crippen LogP contribution in [0.3, 0.4) is 0 Å². The SMILES string of the molecule is O=C(O)c1ccc(-n2cc(-c3nc(-c4cn(-c5ccc(C(=O)O)c(C(F)(F)F)c5)nn4)c(Cl)cc3Cl)nn2)cc1C(F)(F)F. The van der Waals surface area contributed by atoms with Gasteiger partial charge >= 0.3 is 24.3 Å². The van der Waals surface area contributed by atoms with Gasteiger partial charge in [0.25, 0.3) is 0 Å². The second-order valence-electron chi connectivity index (χ2n) is 8.81. The number of carbonyl (C=O) groups is 2. The lowest BCUT2D eigenvalue weighted by Crippen LogP contribution is -2.14. The third-order valence-corrected chi connectivity index (χ3v) is 6.58. The van der Waals surface area contributed by atoms with Crippen LogP contribution in [0.4, 0.5) is 26.3 Å². The second kappa shape index (κ2) is 10.9. The van der Waals surface area contributed by atoms with Crippen LogP contribution >= 0.6 is 23.2 Å². The average molecular weight is 658 g/mol. The molecule has 0 saturated carbocycles. The van der Waals surface area contributed by atoms with Crippen LogP contribution in [0.25, 0.3) is 34.2 Å². The lowest BCUT2D eigenvalue weighted by Gasteiger charge is -2.12. The first kappa shape index (κ1) is 30.4. The number of benzene rings is 2. The fourth-order valence-corrected chi connectivity index (χ4v) is 4.57. The predicted molar refractivity (Wildman–Crippen MR) is 139 cm³/mol. The van der Waals surface area contributed by atoms with Crippen molar-refractivity contribution in [1.82, 2.24) is 35.0 Å². The fraction of sp³-hybridized carbons (Fsp3) is 0.0800. The summed E-state index contributed by atoms with van der Waals surface area (Å²) in [5, 5.41) is 33.4. The molecule has 0 aliphatic rings. The Morgan fingerprint density at radius 2 is 1.05 bits per heavy atom. The van der Waals surface area contributed by atoms with Crippen molar-refractivity contribution in [2.75, 3.05) is 0 Å². The van der Waals surface area contributed by atoms with Crippen LogP contribution in [-0.2, 0) is 12.4 Å². The molecule has 0 atom stereocenters. The van der Waals surface area contributed by atoms with E-state index in [1.165, 1.54) is 18.5 Å². The van der Waals surface area contributed by atoms with Crippen LogP contribution in [0, 0.1) is 0 Å². The monoisotopic (exact) mass is 657 g/mol. The number of carboxylic acids is 2. The van der Waals surface area contributed by atoms with Crippen molar-refractivity contribution < 1.29 is 46.1 Å². The van der Waals surface area contributed by atoms with Gasteiger partial charge < -0.3 is 10.2 Å². The second-order valence-corrected chi connectivity index (χ2v) is 9.63. The molecule has 3 aromatic heterocycles. The first-order valence-electron chi connectivity index (χ1n) is 11.7. The average Bonchev–Trinajstić information content (AvgIpc) is 3.62. The van der Waals surface area contributed by atoms with Gasteiger partial charge in [0.15, 0.2) is 0 Å². The van der Waals surface area contributed by atoms with E-state index in [1.54, 1.807) is 0 Å². The van der Waals surface area contributed by atoms with Gasteiger partial charge in [-0.15, -0.1) is 10.2 Å². The van der Waals surface area contributed by atoms with Gasteiger partial charge in [-0.1, -0.05) is 33.6 Å². The summed E-state index contributed by atoms with van der Waals surface area (Å²) >= 11 is 12.6. The third-order valence-electron chi connectivity index (χ3n) is 6.01. The zero-order valence-corrected chi connectivity index (χ0v) is 22.6. The maximum Gasteiger partial charge on any atom is 0.417 e. The predicted octanol–water partition coefficient (Wildman–Crippen LogP) is 6.32. The van der Waals surface area contributed by atoms with Crippen molar-refractivity contribution >= 4 is 35.1 Å². The van der Waals surface area contributed by atoms with E-state index in [4.69, 9.17) is 33.4 Å². The van der Waals surface area contributed by atoms with Crippen LogP contribution in [0.2, 0.25) is 10.0 Å². The summed E-state index contributed by atoms with van der Waals surface area (Å²) in [6.45, 7) is 0. The van der Waals surface area contributed by atoms with Crippen molar-refractivity contribution in [2.45, 2.75) is 12.4 Å². The standard InChI is InChI=1S/C25H11Cl2F6N7O4/c26-16-7-17(27)21(19-9-40(38-36-19)11-2-4-13(23(43)44)15(6-11)25(31,32)33)34-20(16)18-8-39(37-35-18)10-1-3-12(22(41)42)14(5-10)24(28,29)30/h1-9H,(H,41,42)(H,43,44). The first-order valence-corrected chi connectivity index (χ1v) is 12.4. The maximum atomic E-state index is 13.5. The molecule has 11 nitrogen and oxygen atoms in total. The van der Waals surface area contributed by atoms with E-state index in [0.717, 1.165) is 33.6 Å². The summed E-state index contributed by atoms with van der Waals surface area (Å²) in [5.41, 5.74) is -5.32. The number of carboxylic acid groups (broad SMARTS) is 2. The molecule has 44 heavy (non-hydrogen) atoms. The van der Waals surface area contributed by atoms with E-state index in [0.29, 0.717) is 12.1 Å². The number of halogens is 8. The van der Waals surface area contributed by atoms with Crippen LogP contribution in [-0.4, -0.2) is 57.1 Å². The Hall–Kier alpha value is -5.03. The van der Waals surface area contributed by atoms with E-state index in [-0.39, 0.29) is 44.2 Å². The lowest BCUT2D eigenvalue weighted by atomic mass is 10.1. The van der Waals surface area contributed by atoms with Gasteiger partial charge in [-0.2, -0.15) is 26.3 Å². The minimum absolute atomic E-state index is 0.0461. The van der Waals surface area contributed by atoms with E-state index < -0.39 is 46.5 Å². The van der Waals surface area contributed by atoms with E-state index in [9.17, 15) is 35.9 Å². The minimum atomic E-state index is -4.98. The Kier molecular flexibility index (Phi) is 7.54. The van der Waals surface area contributed by atoms with Gasteiger partial charge in [-0.3, -0.25) is 0 Å². The highest BCUT2D eigenvalue weighted by atomic mass is 35.5. The molecule has 0 aliphatic heterocycles. The van der Waals surface area contributed by atoms with E-state index in [2.05, 4.69) is 25.6 Å². The number of nitrogens with zero attached hydrogens (tertiary/aromatic N) is 7. The van der Waals surface area contributed by atoms with Gasteiger partial charge in [-0.05, 0) is 42.5 Å². The van der Waals surface area contributed by atoms with Crippen molar-refractivity contribution in [3.8, 4) is 34.2 Å². The summed E-state index contributed by atoms with van der Waals surface area (Å²) in [6, 6.07) is 6.11. The molecule has 0 radical (unpaired) electrons. The number of aromatic nitrogens is 7. The van der Waals surface area contributed by atoms with Gasteiger partial charge in [0.1, 0.15) is 22.8 Å². The largest absolute Gasteiger partial charge is 0.478 e. The van der Waals surface area contributed by atoms with Gasteiger partial charge in [0.05, 0.1) is 56.1 Å². The van der Waals surface area contributed by atoms with Crippen molar-refractivity contribution in [3.63, 3.8) is 0 Å². The van der Waals surface area contributed by atoms with Crippen LogP contribution in [0.1, 0.15) is 31.8 Å². The molecule has 0 spiro atoms. The van der Waals surface area contributed by atoms with E-state index >= 15 is 0 Å². The van der Waals surface area contributed by atoms with Gasteiger partial charge in [0, 0.05) is 0 Å². The summed E-state index contributed by atoms with van der Waals surface area (Å²) in [7, 11) is 0. The van der Waals surface area contributed by atoms with Crippen molar-refractivity contribution in [2.24, 2.45) is 0 Å². The Labute approximate surface area is 249 Å². The maximum absolute atomic E-state index is 13.5. The molecule has 2 N–H and O–H groups in total. The van der Waals surface area contributed by atoms with Gasteiger partial charge in [-0.25, -0.2) is 23.9 Å². The van der Waals surface area contributed by atoms with Crippen molar-refractivity contribution in [1.29, 1.82) is 0 Å². The van der Waals surface area contributed by atoms with Crippen LogP contribution in [0.5, 0.6) is 0 Å². The molecule has 5 rings (SSSR count). The van der Waals surface area contributed by atoms with Gasteiger partial charge in [0.2, 0.25) is 0 Å². The Balaban J connectivity index is 1.52. The van der Waals surface area contributed by atoms with E-state index in [1.807, 2.05) is 0 Å². The first-order chi connectivity index (χ1) is 20.5. The number of alkyl halides is 6. The van der Waals surface area contributed by atoms with Crippen LogP contribution < -0.4 is 0 Å². The summed E-state index contributed by atoms with van der Waals surface area (Å²) in [6.07, 6.45) is -7.62. The molecule has 2 aromatic carbocycles. The zero-order chi connectivity index (χ0) is 32.1. The molecular weight excluding hydrogens is 647 g/mol. The molecule has 0 bridgehead atoms. The number of hydrogen-bond donors (Lipinski definition) is 2. The zero-order valence-electron chi connectivity index (χ0n) is 21.1. The number of pyridine rings is 1. The number of hydrogen-bond acceptors (Lipinski definition) is 7. The number of aromatic carboxylic acids is 2. The lowest BCUT2D eigenvalue weighted by molar-refractivity contribution is -0.138. The Bertz CT molecular complexity index is 1820. The molecule has 226 valence electrons. The van der Waals surface area contributed by atoms with Crippen molar-refractivity contribution in [3.05, 3.63) is 87.2 Å². The molecule has 19 heteroatoms. The normalized spacial score (nSPS) is 12.0. The quantitative estimate of drug-likeness (QED) is 0.200. The molecule has 0 fully saturated rings. The van der Waals surface area contributed by atoms with Crippen LogP contribution in [0.15, 0.2) is 54.9 Å². The Morgan fingerprint density at radius 1 is 0.659 bits per heavy atom. The molecule has 0 aliphatic carbocycles. The topological polar surface area (TPSA) is 149 Å². The molecule has 0 unspecified atom stereocenters. The fourth-order valence-electron chi connectivity index (χ4n) is 4.01. The Morgan fingerprint density at radius 3 is 1.39 bits per heavy atom. The highest BCUT2D eigenvalue weighted by Crippen LogP contribution is 2.37.